The van der Waals surface area contributed by atoms with Crippen LogP contribution in [0.1, 0.15) is 97.8 Å². The van der Waals surface area contributed by atoms with Crippen molar-refractivity contribution in [1.29, 1.82) is 0 Å². The smallest absolute Gasteiger partial charge is 0.0545 e. The average molecular weight is 297 g/mol. The molecule has 0 aromatic rings. The molecule has 3 atom stereocenters. The van der Waals surface area contributed by atoms with Crippen LogP contribution in [0.25, 0.3) is 0 Å². The van der Waals surface area contributed by atoms with Gasteiger partial charge in [-0.1, -0.05) is 78.2 Å². The highest BCUT2D eigenvalue weighted by atomic mass is 16.3. The standard InChI is InChI=1S/C20H40O/c1-5-7-9-10-11-12-13-15-19(4)17-20(21)16-18(3)14-8-6-2/h5,18-21H,1,6-17H2,2-4H3/t18-,19-,20+/m1/s1. The molecule has 1 nitrogen and oxygen atoms in total. The number of aliphatic hydroxyl groups is 1. The van der Waals surface area contributed by atoms with Crippen molar-refractivity contribution in [3.63, 3.8) is 0 Å². The van der Waals surface area contributed by atoms with E-state index in [2.05, 4.69) is 27.4 Å². The lowest BCUT2D eigenvalue weighted by molar-refractivity contribution is 0.115. The minimum absolute atomic E-state index is 0.0838. The normalized spacial score (nSPS) is 15.6. The van der Waals surface area contributed by atoms with Crippen molar-refractivity contribution in [2.24, 2.45) is 11.8 Å². The second-order valence-corrected chi connectivity index (χ2v) is 7.11. The molecule has 0 aliphatic heterocycles. The van der Waals surface area contributed by atoms with Gasteiger partial charge in [0.05, 0.1) is 6.10 Å². The summed E-state index contributed by atoms with van der Waals surface area (Å²) < 4.78 is 0. The van der Waals surface area contributed by atoms with E-state index >= 15 is 0 Å². The van der Waals surface area contributed by atoms with Crippen LogP contribution in [0, 0.1) is 11.8 Å². The number of hydrogen-bond donors (Lipinski definition) is 1. The predicted octanol–water partition coefficient (Wildman–Crippen LogP) is 6.51. The number of aliphatic hydroxyl groups excluding tert-OH is 1. The van der Waals surface area contributed by atoms with Gasteiger partial charge in [-0.3, -0.25) is 0 Å². The molecule has 0 rings (SSSR count). The van der Waals surface area contributed by atoms with E-state index in [1.54, 1.807) is 0 Å². The van der Waals surface area contributed by atoms with Gasteiger partial charge in [0.25, 0.3) is 0 Å². The molecule has 0 unspecified atom stereocenters. The third-order valence-corrected chi connectivity index (χ3v) is 4.50. The lowest BCUT2D eigenvalue weighted by atomic mass is 9.90. The third kappa shape index (κ3) is 14.4. The summed E-state index contributed by atoms with van der Waals surface area (Å²) in [4.78, 5) is 0. The molecule has 0 heterocycles. The first-order valence-electron chi connectivity index (χ1n) is 9.39. The van der Waals surface area contributed by atoms with Crippen LogP contribution in [0.15, 0.2) is 12.7 Å². The molecule has 0 spiro atoms. The van der Waals surface area contributed by atoms with Gasteiger partial charge in [-0.25, -0.2) is 0 Å². The Bertz CT molecular complexity index is 224. The van der Waals surface area contributed by atoms with Gasteiger partial charge in [0.2, 0.25) is 0 Å². The Morgan fingerprint density at radius 3 is 1.95 bits per heavy atom. The molecule has 0 aliphatic carbocycles. The fourth-order valence-electron chi connectivity index (χ4n) is 3.13. The van der Waals surface area contributed by atoms with E-state index in [0.29, 0.717) is 11.8 Å². The molecule has 0 fully saturated rings. The molecule has 0 aromatic carbocycles. The van der Waals surface area contributed by atoms with Crippen LogP contribution in [0.3, 0.4) is 0 Å². The highest BCUT2D eigenvalue weighted by molar-refractivity contribution is 4.67. The van der Waals surface area contributed by atoms with Gasteiger partial charge in [-0.2, -0.15) is 0 Å². The molecular weight excluding hydrogens is 256 g/mol. The van der Waals surface area contributed by atoms with E-state index in [9.17, 15) is 5.11 Å². The third-order valence-electron chi connectivity index (χ3n) is 4.50. The van der Waals surface area contributed by atoms with Crippen molar-refractivity contribution in [2.45, 2.75) is 104 Å². The molecule has 1 N–H and O–H groups in total. The van der Waals surface area contributed by atoms with E-state index in [1.807, 2.05) is 6.08 Å². The van der Waals surface area contributed by atoms with Crippen LogP contribution in [-0.2, 0) is 0 Å². The number of hydrogen-bond acceptors (Lipinski definition) is 1. The highest BCUT2D eigenvalue weighted by Crippen LogP contribution is 2.21. The number of rotatable bonds is 15. The average Bonchev–Trinajstić information content (AvgIpc) is 2.43. The lowest BCUT2D eigenvalue weighted by Crippen LogP contribution is -2.15. The maximum atomic E-state index is 10.2. The Balaban J connectivity index is 3.50. The summed E-state index contributed by atoms with van der Waals surface area (Å²) in [7, 11) is 0. The quantitative estimate of drug-likeness (QED) is 0.270. The Morgan fingerprint density at radius 2 is 1.38 bits per heavy atom. The van der Waals surface area contributed by atoms with Crippen LogP contribution in [0.4, 0.5) is 0 Å². The molecule has 126 valence electrons. The molecule has 0 radical (unpaired) electrons. The minimum atomic E-state index is -0.0838. The zero-order valence-electron chi connectivity index (χ0n) is 14.9. The van der Waals surface area contributed by atoms with Crippen LogP contribution in [0.5, 0.6) is 0 Å². The fraction of sp³-hybridized carbons (Fsp3) is 0.900. The second-order valence-electron chi connectivity index (χ2n) is 7.11. The Hall–Kier alpha value is -0.300. The van der Waals surface area contributed by atoms with Gasteiger partial charge >= 0.3 is 0 Å². The lowest BCUT2D eigenvalue weighted by Gasteiger charge is -2.19. The summed E-state index contributed by atoms with van der Waals surface area (Å²) >= 11 is 0. The fourth-order valence-corrected chi connectivity index (χ4v) is 3.13. The summed E-state index contributed by atoms with van der Waals surface area (Å²) in [6.07, 6.45) is 16.9. The van der Waals surface area contributed by atoms with Gasteiger partial charge in [0.15, 0.2) is 0 Å². The van der Waals surface area contributed by atoms with Gasteiger partial charge in [-0.05, 0) is 37.5 Å². The molecule has 0 saturated carbocycles. The first kappa shape index (κ1) is 20.7. The molecule has 1 heteroatoms. The topological polar surface area (TPSA) is 20.2 Å². The van der Waals surface area contributed by atoms with Crippen LogP contribution < -0.4 is 0 Å². The zero-order chi connectivity index (χ0) is 15.9. The van der Waals surface area contributed by atoms with Gasteiger partial charge in [0, 0.05) is 0 Å². The molecule has 21 heavy (non-hydrogen) atoms. The Labute approximate surface area is 134 Å². The Morgan fingerprint density at radius 1 is 0.857 bits per heavy atom. The second kappa shape index (κ2) is 14.6. The van der Waals surface area contributed by atoms with E-state index in [0.717, 1.165) is 12.8 Å². The van der Waals surface area contributed by atoms with Crippen molar-refractivity contribution in [3.05, 3.63) is 12.7 Å². The molecule has 0 aromatic heterocycles. The summed E-state index contributed by atoms with van der Waals surface area (Å²) in [5, 5.41) is 10.2. The van der Waals surface area contributed by atoms with Crippen molar-refractivity contribution in [2.75, 3.05) is 0 Å². The van der Waals surface area contributed by atoms with Gasteiger partial charge in [0.1, 0.15) is 0 Å². The number of unbranched alkanes of at least 4 members (excludes halogenated alkanes) is 6. The molecule has 0 aliphatic rings. The maximum Gasteiger partial charge on any atom is 0.0545 e. The molecule has 0 saturated heterocycles. The monoisotopic (exact) mass is 296 g/mol. The first-order valence-corrected chi connectivity index (χ1v) is 9.39. The SMILES string of the molecule is C=CCCCCCCC[C@@H](C)C[C@@H](O)C[C@H](C)CCCC. The zero-order valence-corrected chi connectivity index (χ0v) is 14.9. The molecule has 0 bridgehead atoms. The van der Waals surface area contributed by atoms with Crippen molar-refractivity contribution < 1.29 is 5.11 Å². The first-order chi connectivity index (χ1) is 10.1. The summed E-state index contributed by atoms with van der Waals surface area (Å²) in [5.74, 6) is 1.35. The van der Waals surface area contributed by atoms with E-state index in [4.69, 9.17) is 0 Å². The summed E-state index contributed by atoms with van der Waals surface area (Å²) in [6.45, 7) is 10.6. The number of allylic oxidation sites excluding steroid dienone is 1. The highest BCUT2D eigenvalue weighted by Gasteiger charge is 2.13. The van der Waals surface area contributed by atoms with Crippen molar-refractivity contribution >= 4 is 0 Å². The largest absolute Gasteiger partial charge is 0.393 e. The van der Waals surface area contributed by atoms with Crippen LogP contribution in [0.2, 0.25) is 0 Å². The summed E-state index contributed by atoms with van der Waals surface area (Å²) in [5.41, 5.74) is 0. The van der Waals surface area contributed by atoms with E-state index in [-0.39, 0.29) is 6.10 Å². The van der Waals surface area contributed by atoms with Gasteiger partial charge in [-0.15, -0.1) is 6.58 Å². The summed E-state index contributed by atoms with van der Waals surface area (Å²) in [6, 6.07) is 0. The van der Waals surface area contributed by atoms with Crippen molar-refractivity contribution in [1.82, 2.24) is 0 Å². The molecular formula is C20H40O. The van der Waals surface area contributed by atoms with Crippen LogP contribution >= 0.6 is 0 Å². The Kier molecular flexibility index (Phi) is 14.4. The van der Waals surface area contributed by atoms with Crippen molar-refractivity contribution in [3.8, 4) is 0 Å². The molecule has 0 amide bonds. The van der Waals surface area contributed by atoms with Gasteiger partial charge < -0.3 is 5.11 Å². The van der Waals surface area contributed by atoms with Crippen LogP contribution in [-0.4, -0.2) is 11.2 Å². The predicted molar refractivity (Wildman–Crippen MR) is 95.6 cm³/mol. The maximum absolute atomic E-state index is 10.2. The van der Waals surface area contributed by atoms with E-state index < -0.39 is 0 Å². The van der Waals surface area contributed by atoms with E-state index in [1.165, 1.54) is 64.2 Å². The minimum Gasteiger partial charge on any atom is -0.393 e.